The number of imidazole rings is 1. The van der Waals surface area contributed by atoms with Gasteiger partial charge in [-0.2, -0.15) is 0 Å². The van der Waals surface area contributed by atoms with Gasteiger partial charge in [0.2, 0.25) is 0 Å². The van der Waals surface area contributed by atoms with Crippen molar-refractivity contribution in [3.63, 3.8) is 0 Å². The summed E-state index contributed by atoms with van der Waals surface area (Å²) in [6, 6.07) is 6.86. The van der Waals surface area contributed by atoms with E-state index >= 15 is 0 Å². The molecule has 0 bridgehead atoms. The van der Waals surface area contributed by atoms with Gasteiger partial charge in [-0.05, 0) is 24.1 Å². The Hall–Kier alpha value is -2.89. The van der Waals surface area contributed by atoms with Gasteiger partial charge < -0.3 is 26.9 Å². The second kappa shape index (κ2) is 8.47. The van der Waals surface area contributed by atoms with Gasteiger partial charge in [0.1, 0.15) is 11.6 Å². The Kier molecular flexibility index (Phi) is 6.33. The van der Waals surface area contributed by atoms with E-state index in [4.69, 9.17) is 17.2 Å². The zero-order chi connectivity index (χ0) is 19.3. The van der Waals surface area contributed by atoms with Crippen molar-refractivity contribution in [3.8, 4) is 5.75 Å². The number of nitrogens with zero attached hydrogens (tertiary/aromatic N) is 2. The van der Waals surface area contributed by atoms with Crippen molar-refractivity contribution in [2.75, 3.05) is 0 Å². The fraction of sp³-hybridized carbons (Fsp3) is 0.350. The molecule has 1 unspecified atom stereocenters. The van der Waals surface area contributed by atoms with Crippen molar-refractivity contribution in [2.24, 2.45) is 23.1 Å². The van der Waals surface area contributed by atoms with Crippen molar-refractivity contribution in [3.05, 3.63) is 59.9 Å². The van der Waals surface area contributed by atoms with Gasteiger partial charge in [0.25, 0.3) is 0 Å². The Bertz CT molecular complexity index is 798. The topological polar surface area (TPSA) is 116 Å². The van der Waals surface area contributed by atoms with Gasteiger partial charge in [-0.1, -0.05) is 45.7 Å². The molecule has 1 heterocycles. The number of rotatable bonds is 7. The number of nitrogens with two attached hydrogens (primary N) is 3. The Morgan fingerprint density at radius 3 is 2.42 bits per heavy atom. The van der Waals surface area contributed by atoms with E-state index in [0.29, 0.717) is 28.8 Å². The molecule has 0 aliphatic heterocycles. The first-order valence-electron chi connectivity index (χ1n) is 8.93. The number of hydrogen-bond donors (Lipinski definition) is 4. The highest BCUT2D eigenvalue weighted by molar-refractivity contribution is 5.77. The van der Waals surface area contributed by atoms with Crippen LogP contribution in [-0.4, -0.2) is 14.7 Å². The predicted molar refractivity (Wildman–Crippen MR) is 107 cm³/mol. The van der Waals surface area contributed by atoms with Crippen LogP contribution in [0.4, 0.5) is 0 Å². The smallest absolute Gasteiger partial charge is 0.124 e. The van der Waals surface area contributed by atoms with Crippen LogP contribution in [0.15, 0.2) is 48.7 Å². The van der Waals surface area contributed by atoms with E-state index in [1.54, 1.807) is 41.2 Å². The highest BCUT2D eigenvalue weighted by atomic mass is 16.3. The zero-order valence-corrected chi connectivity index (χ0v) is 15.7. The van der Waals surface area contributed by atoms with Crippen LogP contribution in [0.3, 0.4) is 0 Å². The summed E-state index contributed by atoms with van der Waals surface area (Å²) in [6.07, 6.45) is 7.49. The van der Waals surface area contributed by atoms with Gasteiger partial charge >= 0.3 is 0 Å². The highest BCUT2D eigenvalue weighted by Crippen LogP contribution is 2.29. The lowest BCUT2D eigenvalue weighted by molar-refractivity contribution is 0.413. The van der Waals surface area contributed by atoms with Crippen molar-refractivity contribution in [1.29, 1.82) is 0 Å². The molecule has 0 fully saturated rings. The lowest BCUT2D eigenvalue weighted by Crippen LogP contribution is -2.14. The SMILES string of the molecule is CCC(CC)C(C)c1cn(C(/C=C(\N)c2ccccc2O)=C(N)N)cn1. The van der Waals surface area contributed by atoms with Crippen molar-refractivity contribution >= 4 is 11.4 Å². The van der Waals surface area contributed by atoms with E-state index in [1.807, 2.05) is 6.20 Å². The van der Waals surface area contributed by atoms with E-state index in [1.165, 1.54) is 0 Å². The van der Waals surface area contributed by atoms with Crippen LogP contribution < -0.4 is 17.2 Å². The van der Waals surface area contributed by atoms with Crippen LogP contribution in [-0.2, 0) is 0 Å². The molecule has 0 aliphatic carbocycles. The monoisotopic (exact) mass is 355 g/mol. The van der Waals surface area contributed by atoms with Gasteiger partial charge in [-0.3, -0.25) is 0 Å². The number of aromatic hydroxyl groups is 1. The van der Waals surface area contributed by atoms with E-state index in [-0.39, 0.29) is 11.6 Å². The maximum absolute atomic E-state index is 9.98. The Balaban J connectivity index is 2.37. The lowest BCUT2D eigenvalue weighted by Gasteiger charge is -2.19. The second-order valence-corrected chi connectivity index (χ2v) is 6.53. The maximum Gasteiger partial charge on any atom is 0.124 e. The Morgan fingerprint density at radius 2 is 1.85 bits per heavy atom. The van der Waals surface area contributed by atoms with E-state index in [9.17, 15) is 5.11 Å². The molecular weight excluding hydrogens is 326 g/mol. The zero-order valence-electron chi connectivity index (χ0n) is 15.7. The molecule has 0 amide bonds. The van der Waals surface area contributed by atoms with Gasteiger partial charge in [-0.15, -0.1) is 0 Å². The molecule has 6 nitrogen and oxygen atoms in total. The summed E-state index contributed by atoms with van der Waals surface area (Å²) in [4.78, 5) is 4.53. The van der Waals surface area contributed by atoms with Gasteiger partial charge in [0.15, 0.2) is 0 Å². The van der Waals surface area contributed by atoms with Crippen LogP contribution in [0.25, 0.3) is 11.4 Å². The minimum atomic E-state index is 0.102. The first-order chi connectivity index (χ1) is 12.4. The molecule has 1 atom stereocenters. The number of aromatic nitrogens is 2. The number of benzene rings is 1. The predicted octanol–water partition coefficient (Wildman–Crippen LogP) is 3.17. The molecular formula is C20H29N5O. The molecule has 26 heavy (non-hydrogen) atoms. The summed E-state index contributed by atoms with van der Waals surface area (Å²) in [6.45, 7) is 6.58. The number of hydrogen-bond acceptors (Lipinski definition) is 5. The third-order valence-corrected chi connectivity index (χ3v) is 4.91. The summed E-state index contributed by atoms with van der Waals surface area (Å²) >= 11 is 0. The van der Waals surface area contributed by atoms with Crippen LogP contribution in [0.2, 0.25) is 0 Å². The number of phenols is 1. The van der Waals surface area contributed by atoms with Crippen LogP contribution in [0.1, 0.15) is 50.8 Å². The molecule has 0 radical (unpaired) electrons. The quantitative estimate of drug-likeness (QED) is 0.569. The van der Waals surface area contributed by atoms with Crippen molar-refractivity contribution in [2.45, 2.75) is 39.5 Å². The third-order valence-electron chi connectivity index (χ3n) is 4.91. The largest absolute Gasteiger partial charge is 0.507 e. The molecule has 2 rings (SSSR count). The fourth-order valence-corrected chi connectivity index (χ4v) is 3.19. The lowest BCUT2D eigenvalue weighted by atomic mass is 9.87. The summed E-state index contributed by atoms with van der Waals surface area (Å²) in [5, 5.41) is 9.98. The minimum Gasteiger partial charge on any atom is -0.507 e. The summed E-state index contributed by atoms with van der Waals surface area (Å²) in [7, 11) is 0. The first kappa shape index (κ1) is 19.4. The molecule has 0 saturated heterocycles. The molecule has 0 aliphatic rings. The van der Waals surface area contributed by atoms with Crippen molar-refractivity contribution < 1.29 is 5.11 Å². The maximum atomic E-state index is 9.98. The van der Waals surface area contributed by atoms with Crippen LogP contribution in [0.5, 0.6) is 5.75 Å². The minimum absolute atomic E-state index is 0.102. The average Bonchev–Trinajstić information content (AvgIpc) is 3.10. The summed E-state index contributed by atoms with van der Waals surface area (Å²) in [5.74, 6) is 1.14. The summed E-state index contributed by atoms with van der Waals surface area (Å²) < 4.78 is 1.77. The Labute approximate surface area is 155 Å². The van der Waals surface area contributed by atoms with Crippen LogP contribution in [0, 0.1) is 5.92 Å². The van der Waals surface area contributed by atoms with Gasteiger partial charge in [-0.25, -0.2) is 4.98 Å². The molecule has 7 N–H and O–H groups in total. The molecule has 0 saturated carbocycles. The molecule has 1 aromatic heterocycles. The van der Waals surface area contributed by atoms with E-state index < -0.39 is 0 Å². The standard InChI is InChI=1S/C20H29N5O/c1-4-14(5-2)13(3)17-11-25(12-24-17)18(20(22)23)10-16(21)15-8-6-7-9-19(15)26/h6-14,26H,4-5,21-23H2,1-3H3/b16-10-. The van der Waals surface area contributed by atoms with Crippen LogP contribution >= 0.6 is 0 Å². The van der Waals surface area contributed by atoms with Gasteiger partial charge in [0, 0.05) is 23.4 Å². The third kappa shape index (κ3) is 4.20. The van der Waals surface area contributed by atoms with Crippen molar-refractivity contribution in [1.82, 2.24) is 9.55 Å². The molecule has 0 spiro atoms. The van der Waals surface area contributed by atoms with E-state index in [0.717, 1.165) is 18.5 Å². The normalized spacial score (nSPS) is 13.0. The highest BCUT2D eigenvalue weighted by Gasteiger charge is 2.18. The van der Waals surface area contributed by atoms with Gasteiger partial charge in [0.05, 0.1) is 17.7 Å². The molecule has 2 aromatic rings. The second-order valence-electron chi connectivity index (χ2n) is 6.53. The van der Waals surface area contributed by atoms with E-state index in [2.05, 4.69) is 25.8 Å². The number of allylic oxidation sites excluding steroid dienone is 2. The first-order valence-corrected chi connectivity index (χ1v) is 8.93. The number of para-hydroxylation sites is 1. The molecule has 6 heteroatoms. The summed E-state index contributed by atoms with van der Waals surface area (Å²) in [5.41, 5.74) is 20.3. The molecule has 140 valence electrons. The Morgan fingerprint density at radius 1 is 1.19 bits per heavy atom. The number of phenolic OH excluding ortho intramolecular Hbond substituents is 1. The fourth-order valence-electron chi connectivity index (χ4n) is 3.19. The average molecular weight is 355 g/mol. The molecule has 1 aromatic carbocycles.